The van der Waals surface area contributed by atoms with Crippen LogP contribution in [0.25, 0.3) is 11.3 Å². The predicted molar refractivity (Wildman–Crippen MR) is 83.7 cm³/mol. The molecule has 1 aromatic carbocycles. The largest absolute Gasteiger partial charge is 0.450 e. The number of aromatic nitrogens is 1. The van der Waals surface area contributed by atoms with Crippen molar-refractivity contribution in [3.63, 3.8) is 0 Å². The Balaban J connectivity index is 2.15. The molecule has 110 valence electrons. The Morgan fingerprint density at radius 2 is 2.29 bits per heavy atom. The van der Waals surface area contributed by atoms with Crippen molar-refractivity contribution in [2.24, 2.45) is 5.73 Å². The first kappa shape index (κ1) is 14.8. The number of hydrogen-bond donors (Lipinski definition) is 4. The topological polar surface area (TPSA) is 113 Å². The van der Waals surface area contributed by atoms with Crippen LogP contribution in [-0.2, 0) is 4.74 Å². The second kappa shape index (κ2) is 6.71. The first-order chi connectivity index (χ1) is 10.1. The third-order valence-electron chi connectivity index (χ3n) is 2.43. The molecule has 0 atom stereocenters. The molecule has 8 heteroatoms. The molecule has 7 nitrogen and oxygen atoms in total. The van der Waals surface area contributed by atoms with Crippen molar-refractivity contribution in [2.45, 2.75) is 6.92 Å². The molecule has 0 aliphatic carbocycles. The Morgan fingerprint density at radius 1 is 1.48 bits per heavy atom. The van der Waals surface area contributed by atoms with Crippen LogP contribution < -0.4 is 16.4 Å². The van der Waals surface area contributed by atoms with Crippen LogP contribution in [0.1, 0.15) is 6.92 Å². The minimum absolute atomic E-state index is 0.159. The van der Waals surface area contributed by atoms with E-state index in [4.69, 9.17) is 15.9 Å². The van der Waals surface area contributed by atoms with Gasteiger partial charge in [-0.25, -0.2) is 9.78 Å². The maximum Gasteiger partial charge on any atom is 0.411 e. The number of guanidine groups is 1. The number of amides is 1. The van der Waals surface area contributed by atoms with E-state index in [0.717, 1.165) is 11.3 Å². The Morgan fingerprint density at radius 3 is 3.00 bits per heavy atom. The van der Waals surface area contributed by atoms with Gasteiger partial charge in [-0.15, -0.1) is 11.3 Å². The van der Waals surface area contributed by atoms with Crippen molar-refractivity contribution >= 4 is 34.2 Å². The minimum Gasteiger partial charge on any atom is -0.450 e. The zero-order valence-corrected chi connectivity index (χ0v) is 12.2. The summed E-state index contributed by atoms with van der Waals surface area (Å²) in [5.74, 6) is -0.159. The van der Waals surface area contributed by atoms with E-state index in [1.807, 2.05) is 17.5 Å². The maximum atomic E-state index is 11.4. The summed E-state index contributed by atoms with van der Waals surface area (Å²) in [7, 11) is 0. The van der Waals surface area contributed by atoms with Crippen LogP contribution in [0.15, 0.2) is 29.6 Å². The smallest absolute Gasteiger partial charge is 0.411 e. The molecule has 1 amide bonds. The molecule has 0 aliphatic rings. The van der Waals surface area contributed by atoms with Gasteiger partial charge >= 0.3 is 6.09 Å². The summed E-state index contributed by atoms with van der Waals surface area (Å²) < 4.78 is 4.83. The molecule has 0 unspecified atom stereocenters. The van der Waals surface area contributed by atoms with Crippen LogP contribution in [0, 0.1) is 5.41 Å². The molecule has 2 rings (SSSR count). The number of anilines is 2. The van der Waals surface area contributed by atoms with Gasteiger partial charge in [-0.05, 0) is 19.1 Å². The van der Waals surface area contributed by atoms with Gasteiger partial charge in [-0.3, -0.25) is 10.7 Å². The van der Waals surface area contributed by atoms with Crippen molar-refractivity contribution in [1.82, 2.24) is 4.98 Å². The van der Waals surface area contributed by atoms with Gasteiger partial charge in [0.05, 0.1) is 12.3 Å². The minimum atomic E-state index is -0.494. The number of nitrogens with zero attached hydrogens (tertiary/aromatic N) is 1. The highest BCUT2D eigenvalue weighted by Crippen LogP contribution is 2.26. The van der Waals surface area contributed by atoms with E-state index in [0.29, 0.717) is 17.4 Å². The summed E-state index contributed by atoms with van der Waals surface area (Å²) >= 11 is 1.35. The Bertz CT molecular complexity index is 656. The molecule has 0 spiro atoms. The van der Waals surface area contributed by atoms with E-state index >= 15 is 0 Å². The van der Waals surface area contributed by atoms with E-state index in [9.17, 15) is 4.79 Å². The Hall–Kier alpha value is -2.61. The number of nitrogens with one attached hydrogen (secondary N) is 3. The maximum absolute atomic E-state index is 11.4. The average Bonchev–Trinajstić information content (AvgIpc) is 2.87. The van der Waals surface area contributed by atoms with E-state index in [1.54, 1.807) is 19.1 Å². The number of ether oxygens (including phenoxy) is 1. The quantitative estimate of drug-likeness (QED) is 0.512. The number of carbonyl (C=O) groups is 1. The van der Waals surface area contributed by atoms with Crippen molar-refractivity contribution in [2.75, 3.05) is 17.2 Å². The standard InChI is InChI=1S/C13H15N5O2S/c1-2-20-13(19)16-9-5-3-4-8(6-9)10-7-21-12(17-10)18-11(14)15/h3-7H,2H2,1H3,(H,16,19)(H4,14,15,17,18). The summed E-state index contributed by atoms with van der Waals surface area (Å²) in [5.41, 5.74) is 7.46. The molecule has 1 aromatic heterocycles. The molecule has 0 saturated carbocycles. The van der Waals surface area contributed by atoms with Crippen molar-refractivity contribution in [1.29, 1.82) is 5.41 Å². The fourth-order valence-corrected chi connectivity index (χ4v) is 2.35. The summed E-state index contributed by atoms with van der Waals surface area (Å²) in [4.78, 5) is 15.7. The van der Waals surface area contributed by atoms with Gasteiger partial charge in [0.1, 0.15) is 0 Å². The van der Waals surface area contributed by atoms with Crippen LogP contribution in [0.5, 0.6) is 0 Å². The molecule has 0 aliphatic heterocycles. The van der Waals surface area contributed by atoms with Crippen LogP contribution >= 0.6 is 11.3 Å². The fraction of sp³-hybridized carbons (Fsp3) is 0.154. The molecule has 0 bridgehead atoms. The molecule has 1 heterocycles. The van der Waals surface area contributed by atoms with Gasteiger partial charge in [0.25, 0.3) is 0 Å². The van der Waals surface area contributed by atoms with Crippen molar-refractivity contribution in [3.05, 3.63) is 29.6 Å². The average molecular weight is 305 g/mol. The Kier molecular flexibility index (Phi) is 4.72. The van der Waals surface area contributed by atoms with Crippen LogP contribution in [0.3, 0.4) is 0 Å². The fourth-order valence-electron chi connectivity index (χ4n) is 1.62. The van der Waals surface area contributed by atoms with Crippen LogP contribution in [0.4, 0.5) is 15.6 Å². The van der Waals surface area contributed by atoms with Gasteiger partial charge < -0.3 is 15.8 Å². The number of thiazole rings is 1. The van der Waals surface area contributed by atoms with Gasteiger partial charge in [-0.1, -0.05) is 12.1 Å². The number of carbonyl (C=O) groups excluding carboxylic acids is 1. The van der Waals surface area contributed by atoms with Gasteiger partial charge in [0.2, 0.25) is 0 Å². The number of hydrogen-bond acceptors (Lipinski definition) is 5. The third kappa shape index (κ3) is 4.18. The molecular weight excluding hydrogens is 290 g/mol. The van der Waals surface area contributed by atoms with Gasteiger partial charge in [0.15, 0.2) is 11.1 Å². The Labute approximate surface area is 125 Å². The lowest BCUT2D eigenvalue weighted by molar-refractivity contribution is 0.168. The molecule has 0 fully saturated rings. The number of nitrogens with two attached hydrogens (primary N) is 1. The van der Waals surface area contributed by atoms with E-state index in [-0.39, 0.29) is 5.96 Å². The summed E-state index contributed by atoms with van der Waals surface area (Å²) in [5, 5.41) is 14.8. The van der Waals surface area contributed by atoms with Gasteiger partial charge in [0, 0.05) is 16.6 Å². The predicted octanol–water partition coefficient (Wildman–Crippen LogP) is 2.68. The lowest BCUT2D eigenvalue weighted by Gasteiger charge is -2.06. The first-order valence-electron chi connectivity index (χ1n) is 6.19. The lowest BCUT2D eigenvalue weighted by atomic mass is 10.1. The molecular formula is C13H15N5O2S. The van der Waals surface area contributed by atoms with Crippen molar-refractivity contribution < 1.29 is 9.53 Å². The molecule has 2 aromatic rings. The molecule has 0 saturated heterocycles. The second-order valence-electron chi connectivity index (χ2n) is 4.00. The highest BCUT2D eigenvalue weighted by Gasteiger charge is 2.07. The van der Waals surface area contributed by atoms with Crippen LogP contribution in [0.2, 0.25) is 0 Å². The first-order valence-corrected chi connectivity index (χ1v) is 7.07. The summed E-state index contributed by atoms with van der Waals surface area (Å²) in [6.45, 7) is 2.06. The second-order valence-corrected chi connectivity index (χ2v) is 4.86. The highest BCUT2D eigenvalue weighted by molar-refractivity contribution is 7.14. The summed E-state index contributed by atoms with van der Waals surface area (Å²) in [6.07, 6.45) is -0.494. The monoisotopic (exact) mass is 305 g/mol. The van der Waals surface area contributed by atoms with E-state index in [2.05, 4.69) is 15.6 Å². The lowest BCUT2D eigenvalue weighted by Crippen LogP contribution is -2.20. The van der Waals surface area contributed by atoms with E-state index in [1.165, 1.54) is 11.3 Å². The highest BCUT2D eigenvalue weighted by atomic mass is 32.1. The number of rotatable bonds is 4. The molecule has 21 heavy (non-hydrogen) atoms. The molecule has 5 N–H and O–H groups in total. The van der Waals surface area contributed by atoms with Gasteiger partial charge in [-0.2, -0.15) is 0 Å². The van der Waals surface area contributed by atoms with Crippen LogP contribution in [-0.4, -0.2) is 23.6 Å². The zero-order chi connectivity index (χ0) is 15.2. The SMILES string of the molecule is CCOC(=O)Nc1cccc(-c2csc(NC(=N)N)n2)c1. The number of benzene rings is 1. The molecule has 0 radical (unpaired) electrons. The normalized spacial score (nSPS) is 9.95. The van der Waals surface area contributed by atoms with Crippen molar-refractivity contribution in [3.8, 4) is 11.3 Å². The van der Waals surface area contributed by atoms with E-state index < -0.39 is 6.09 Å². The third-order valence-corrected chi connectivity index (χ3v) is 3.18. The summed E-state index contributed by atoms with van der Waals surface area (Å²) in [6, 6.07) is 7.25. The zero-order valence-electron chi connectivity index (χ0n) is 11.3.